The lowest BCUT2D eigenvalue weighted by molar-refractivity contribution is -0.119. The first-order valence-corrected chi connectivity index (χ1v) is 6.88. The molecule has 1 aliphatic heterocycles. The molecule has 1 saturated heterocycles. The van der Waals surface area contributed by atoms with E-state index in [1.807, 2.05) is 18.7 Å². The maximum atomic E-state index is 11.7. The summed E-state index contributed by atoms with van der Waals surface area (Å²) in [6.07, 6.45) is 0.969. The lowest BCUT2D eigenvalue weighted by Gasteiger charge is -2.23. The van der Waals surface area contributed by atoms with Crippen LogP contribution >= 0.6 is 0 Å². The van der Waals surface area contributed by atoms with Crippen molar-refractivity contribution >= 4 is 11.7 Å². The Balaban J connectivity index is 2.28. The van der Waals surface area contributed by atoms with Crippen LogP contribution in [0.25, 0.3) is 0 Å². The van der Waals surface area contributed by atoms with Gasteiger partial charge in [-0.15, -0.1) is 0 Å². The lowest BCUT2D eigenvalue weighted by atomic mass is 10.2. The number of carbonyl (C=O) groups is 1. The molecule has 0 aromatic carbocycles. The smallest absolute Gasteiger partial charge is 0.239 e. The van der Waals surface area contributed by atoms with E-state index in [-0.39, 0.29) is 5.91 Å². The van der Waals surface area contributed by atoms with E-state index >= 15 is 0 Å². The van der Waals surface area contributed by atoms with E-state index in [4.69, 9.17) is 0 Å². The Labute approximate surface area is 114 Å². The molecule has 2 N–H and O–H groups in total. The molecule has 1 fully saturated rings. The van der Waals surface area contributed by atoms with Gasteiger partial charge in [0.2, 0.25) is 5.91 Å². The molecule has 1 aliphatic rings. The predicted octanol–water partition coefficient (Wildman–Crippen LogP) is 0.164. The number of anilines is 1. The molecule has 106 valence electrons. The zero-order chi connectivity index (χ0) is 13.8. The average Bonchev–Trinajstić information content (AvgIpc) is 2.52. The van der Waals surface area contributed by atoms with Gasteiger partial charge in [0.15, 0.2) is 0 Å². The largest absolute Gasteiger partial charge is 0.354 e. The second-order valence-corrected chi connectivity index (χ2v) is 4.92. The summed E-state index contributed by atoms with van der Waals surface area (Å²) < 4.78 is 1.89. The number of aromatic nitrogens is 2. The van der Waals surface area contributed by atoms with Crippen molar-refractivity contribution in [1.82, 2.24) is 20.4 Å². The van der Waals surface area contributed by atoms with Crippen LogP contribution in [0.3, 0.4) is 0 Å². The van der Waals surface area contributed by atoms with Crippen LogP contribution in [0.1, 0.15) is 24.6 Å². The number of carbonyl (C=O) groups excluding carboxylic acids is 1. The first-order valence-electron chi connectivity index (χ1n) is 6.88. The first kappa shape index (κ1) is 13.9. The van der Waals surface area contributed by atoms with Gasteiger partial charge in [0.25, 0.3) is 0 Å². The highest BCUT2D eigenvalue weighted by molar-refractivity contribution is 5.81. The number of nitrogens with zero attached hydrogens (tertiary/aromatic N) is 3. The minimum Gasteiger partial charge on any atom is -0.354 e. The number of hydrogen-bond donors (Lipinski definition) is 2. The number of aryl methyl sites for hydroxylation is 2. The van der Waals surface area contributed by atoms with Gasteiger partial charge >= 0.3 is 0 Å². The molecule has 0 bridgehead atoms. The van der Waals surface area contributed by atoms with Crippen molar-refractivity contribution in [3.63, 3.8) is 0 Å². The SMILES string of the molecule is CCNCc1c(C)nn(C)c1N1CCCNC(=O)C1. The standard InChI is InChI=1S/C13H23N5O/c1-4-14-8-11-10(2)16-17(3)13(11)18-7-5-6-15-12(19)9-18/h14H,4-9H2,1-3H3,(H,15,19). The maximum Gasteiger partial charge on any atom is 0.239 e. The van der Waals surface area contributed by atoms with Crippen LogP contribution in [-0.4, -0.2) is 41.9 Å². The quantitative estimate of drug-likeness (QED) is 0.814. The Bertz CT molecular complexity index is 454. The van der Waals surface area contributed by atoms with Crippen molar-refractivity contribution in [2.45, 2.75) is 26.8 Å². The van der Waals surface area contributed by atoms with E-state index < -0.39 is 0 Å². The molecule has 1 aromatic heterocycles. The molecule has 1 amide bonds. The third-order valence-electron chi connectivity index (χ3n) is 3.43. The molecule has 0 atom stereocenters. The third kappa shape index (κ3) is 3.07. The molecular formula is C13H23N5O. The zero-order valence-electron chi connectivity index (χ0n) is 12.0. The number of rotatable bonds is 4. The van der Waals surface area contributed by atoms with Crippen molar-refractivity contribution in [2.24, 2.45) is 7.05 Å². The third-order valence-corrected chi connectivity index (χ3v) is 3.43. The highest BCUT2D eigenvalue weighted by Crippen LogP contribution is 2.23. The number of nitrogens with one attached hydrogen (secondary N) is 2. The average molecular weight is 265 g/mol. The zero-order valence-corrected chi connectivity index (χ0v) is 12.0. The van der Waals surface area contributed by atoms with Crippen LogP contribution in [0, 0.1) is 6.92 Å². The topological polar surface area (TPSA) is 62.2 Å². The molecule has 1 aromatic rings. The Morgan fingerprint density at radius 3 is 3.00 bits per heavy atom. The highest BCUT2D eigenvalue weighted by Gasteiger charge is 2.22. The van der Waals surface area contributed by atoms with Crippen LogP contribution in [0.2, 0.25) is 0 Å². The normalized spacial score (nSPS) is 16.4. The minimum absolute atomic E-state index is 0.0887. The second-order valence-electron chi connectivity index (χ2n) is 4.92. The summed E-state index contributed by atoms with van der Waals surface area (Å²) >= 11 is 0. The summed E-state index contributed by atoms with van der Waals surface area (Å²) in [5, 5.41) is 10.7. The van der Waals surface area contributed by atoms with Gasteiger partial charge in [-0.05, 0) is 19.9 Å². The van der Waals surface area contributed by atoms with Crippen molar-refractivity contribution in [3.8, 4) is 0 Å². The van der Waals surface area contributed by atoms with Gasteiger partial charge in [-0.1, -0.05) is 6.92 Å². The Hall–Kier alpha value is -1.56. The number of amides is 1. The minimum atomic E-state index is 0.0887. The summed E-state index contributed by atoms with van der Waals surface area (Å²) in [6, 6.07) is 0. The molecule has 0 aliphatic carbocycles. The fraction of sp³-hybridized carbons (Fsp3) is 0.692. The number of hydrogen-bond acceptors (Lipinski definition) is 4. The van der Waals surface area contributed by atoms with Crippen molar-refractivity contribution in [3.05, 3.63) is 11.3 Å². The van der Waals surface area contributed by atoms with E-state index in [1.54, 1.807) is 0 Å². The molecule has 19 heavy (non-hydrogen) atoms. The van der Waals surface area contributed by atoms with E-state index in [0.29, 0.717) is 6.54 Å². The van der Waals surface area contributed by atoms with Crippen LogP contribution < -0.4 is 15.5 Å². The van der Waals surface area contributed by atoms with E-state index in [2.05, 4.69) is 27.6 Å². The Kier molecular flexibility index (Phi) is 4.42. The fourth-order valence-electron chi connectivity index (χ4n) is 2.53. The Morgan fingerprint density at radius 1 is 1.47 bits per heavy atom. The van der Waals surface area contributed by atoms with Crippen LogP contribution in [0.5, 0.6) is 0 Å². The summed E-state index contributed by atoms with van der Waals surface area (Å²) in [5.41, 5.74) is 2.22. The highest BCUT2D eigenvalue weighted by atomic mass is 16.2. The molecule has 6 nitrogen and oxygen atoms in total. The summed E-state index contributed by atoms with van der Waals surface area (Å²) in [6.45, 7) is 7.89. The molecule has 0 unspecified atom stereocenters. The van der Waals surface area contributed by atoms with Gasteiger partial charge in [-0.3, -0.25) is 9.48 Å². The van der Waals surface area contributed by atoms with Gasteiger partial charge in [0.05, 0.1) is 12.2 Å². The molecule has 0 spiro atoms. The van der Waals surface area contributed by atoms with Gasteiger partial charge < -0.3 is 15.5 Å². The fourth-order valence-corrected chi connectivity index (χ4v) is 2.53. The van der Waals surface area contributed by atoms with Crippen molar-refractivity contribution in [1.29, 1.82) is 0 Å². The summed E-state index contributed by atoms with van der Waals surface area (Å²) in [7, 11) is 1.95. The van der Waals surface area contributed by atoms with Gasteiger partial charge in [0.1, 0.15) is 5.82 Å². The summed E-state index contributed by atoms with van der Waals surface area (Å²) in [5.74, 6) is 1.15. The van der Waals surface area contributed by atoms with Gasteiger partial charge in [-0.25, -0.2) is 0 Å². The molecular weight excluding hydrogens is 242 g/mol. The maximum absolute atomic E-state index is 11.7. The molecule has 0 radical (unpaired) electrons. The van der Waals surface area contributed by atoms with Crippen LogP contribution in [-0.2, 0) is 18.4 Å². The van der Waals surface area contributed by atoms with E-state index in [0.717, 1.165) is 44.1 Å². The van der Waals surface area contributed by atoms with Crippen molar-refractivity contribution in [2.75, 3.05) is 31.1 Å². The van der Waals surface area contributed by atoms with Crippen LogP contribution in [0.4, 0.5) is 5.82 Å². The molecule has 0 saturated carbocycles. The van der Waals surface area contributed by atoms with Crippen LogP contribution in [0.15, 0.2) is 0 Å². The first-order chi connectivity index (χ1) is 9.13. The Morgan fingerprint density at radius 2 is 2.26 bits per heavy atom. The van der Waals surface area contributed by atoms with Gasteiger partial charge in [0, 0.05) is 32.2 Å². The predicted molar refractivity (Wildman–Crippen MR) is 75.2 cm³/mol. The molecule has 2 heterocycles. The van der Waals surface area contributed by atoms with Gasteiger partial charge in [-0.2, -0.15) is 5.10 Å². The second kappa shape index (κ2) is 6.06. The van der Waals surface area contributed by atoms with E-state index in [1.165, 1.54) is 5.56 Å². The summed E-state index contributed by atoms with van der Waals surface area (Å²) in [4.78, 5) is 13.8. The van der Waals surface area contributed by atoms with E-state index in [9.17, 15) is 4.79 Å². The monoisotopic (exact) mass is 265 g/mol. The lowest BCUT2D eigenvalue weighted by Crippen LogP contribution is -2.35. The molecule has 2 rings (SSSR count). The molecule has 6 heteroatoms. The van der Waals surface area contributed by atoms with Crippen molar-refractivity contribution < 1.29 is 4.79 Å².